The fourth-order valence-electron chi connectivity index (χ4n) is 1.94. The van der Waals surface area contributed by atoms with Gasteiger partial charge < -0.3 is 15.8 Å². The van der Waals surface area contributed by atoms with Gasteiger partial charge in [-0.3, -0.25) is 14.9 Å². The van der Waals surface area contributed by atoms with Gasteiger partial charge in [0, 0.05) is 12.1 Å². The molecule has 1 amide bonds. The Balaban J connectivity index is 2.09. The molecule has 26 heavy (non-hydrogen) atoms. The van der Waals surface area contributed by atoms with E-state index in [0.29, 0.717) is 0 Å². The number of ether oxygens (including phenoxy) is 1. The lowest BCUT2D eigenvalue weighted by Gasteiger charge is -2.14. The van der Waals surface area contributed by atoms with E-state index in [0.717, 1.165) is 30.3 Å². The number of anilines is 2. The van der Waals surface area contributed by atoms with Gasteiger partial charge in [-0.2, -0.15) is 0 Å². The van der Waals surface area contributed by atoms with Crippen molar-refractivity contribution in [3.05, 3.63) is 63.7 Å². The van der Waals surface area contributed by atoms with E-state index in [1.54, 1.807) is 0 Å². The number of nitrogens with zero attached hydrogens (tertiary/aromatic N) is 1. The van der Waals surface area contributed by atoms with E-state index in [1.165, 1.54) is 13.0 Å². The van der Waals surface area contributed by atoms with E-state index in [9.17, 15) is 28.5 Å². The molecule has 0 radical (unpaired) electrons. The molecule has 0 fully saturated rings. The minimum absolute atomic E-state index is 0.140. The van der Waals surface area contributed by atoms with Crippen LogP contribution in [-0.2, 0) is 9.53 Å². The highest BCUT2D eigenvalue weighted by atomic mass is 19.1. The second-order valence-electron chi connectivity index (χ2n) is 5.19. The molecule has 0 aliphatic carbocycles. The zero-order valence-corrected chi connectivity index (χ0v) is 13.4. The van der Waals surface area contributed by atoms with Gasteiger partial charge in [-0.15, -0.1) is 0 Å². The van der Waals surface area contributed by atoms with Crippen LogP contribution in [0.2, 0.25) is 0 Å². The lowest BCUT2D eigenvalue weighted by Crippen LogP contribution is -2.30. The summed E-state index contributed by atoms with van der Waals surface area (Å²) in [5.74, 6) is -3.56. The molecule has 10 heteroatoms. The van der Waals surface area contributed by atoms with E-state index >= 15 is 0 Å². The molecule has 0 aliphatic heterocycles. The summed E-state index contributed by atoms with van der Waals surface area (Å²) in [6.45, 7) is 1.20. The van der Waals surface area contributed by atoms with Gasteiger partial charge in [-0.1, -0.05) is 0 Å². The highest BCUT2D eigenvalue weighted by Crippen LogP contribution is 2.23. The highest BCUT2D eigenvalue weighted by Gasteiger charge is 2.22. The van der Waals surface area contributed by atoms with E-state index in [4.69, 9.17) is 10.5 Å². The van der Waals surface area contributed by atoms with Crippen LogP contribution in [0.4, 0.5) is 25.8 Å². The normalized spacial score (nSPS) is 11.5. The van der Waals surface area contributed by atoms with Crippen molar-refractivity contribution in [1.29, 1.82) is 0 Å². The molecule has 0 spiro atoms. The van der Waals surface area contributed by atoms with Gasteiger partial charge in [0.1, 0.15) is 17.3 Å². The number of hydrogen-bond acceptors (Lipinski definition) is 6. The van der Waals surface area contributed by atoms with Gasteiger partial charge in [0.05, 0.1) is 16.2 Å². The van der Waals surface area contributed by atoms with Gasteiger partial charge >= 0.3 is 5.97 Å². The summed E-state index contributed by atoms with van der Waals surface area (Å²) >= 11 is 0. The smallest absolute Gasteiger partial charge is 0.339 e. The molecule has 0 bridgehead atoms. The van der Waals surface area contributed by atoms with Gasteiger partial charge in [0.15, 0.2) is 6.10 Å². The van der Waals surface area contributed by atoms with Crippen molar-refractivity contribution in [1.82, 2.24) is 0 Å². The number of nitrogens with two attached hydrogens (primary N) is 1. The predicted molar refractivity (Wildman–Crippen MR) is 87.4 cm³/mol. The zero-order valence-electron chi connectivity index (χ0n) is 13.4. The first-order valence-electron chi connectivity index (χ1n) is 7.20. The van der Waals surface area contributed by atoms with Crippen molar-refractivity contribution in [3.8, 4) is 0 Å². The van der Waals surface area contributed by atoms with Gasteiger partial charge in [-0.25, -0.2) is 13.6 Å². The van der Waals surface area contributed by atoms with E-state index < -0.39 is 45.9 Å². The summed E-state index contributed by atoms with van der Waals surface area (Å²) in [5, 5.41) is 12.9. The summed E-state index contributed by atoms with van der Waals surface area (Å²) in [5.41, 5.74) is 4.19. The standard InChI is InChI=1S/C16H13F2N3O5/c1-8(15(22)20-13-7-10(17)3-4-11(13)18)26-16(23)9-2-5-12(19)14(6-9)21(24)25/h2-8H,19H2,1H3,(H,20,22). The fourth-order valence-corrected chi connectivity index (χ4v) is 1.94. The van der Waals surface area contributed by atoms with Crippen LogP contribution in [0.25, 0.3) is 0 Å². The van der Waals surface area contributed by atoms with E-state index in [2.05, 4.69) is 5.32 Å². The second kappa shape index (κ2) is 7.55. The number of amides is 1. The molecule has 0 heterocycles. The molecule has 1 unspecified atom stereocenters. The molecule has 136 valence electrons. The Labute approximate surface area is 145 Å². The summed E-state index contributed by atoms with van der Waals surface area (Å²) in [7, 11) is 0. The maximum atomic E-state index is 13.5. The third-order valence-electron chi connectivity index (χ3n) is 3.30. The van der Waals surface area contributed by atoms with Crippen molar-refractivity contribution in [2.75, 3.05) is 11.1 Å². The quantitative estimate of drug-likeness (QED) is 0.363. The van der Waals surface area contributed by atoms with Crippen LogP contribution in [0, 0.1) is 21.7 Å². The highest BCUT2D eigenvalue weighted by molar-refractivity contribution is 5.97. The number of hydrogen-bond donors (Lipinski definition) is 2. The maximum Gasteiger partial charge on any atom is 0.339 e. The average Bonchev–Trinajstić information content (AvgIpc) is 2.58. The number of carbonyl (C=O) groups is 2. The Kier molecular flexibility index (Phi) is 5.45. The Bertz CT molecular complexity index is 888. The number of rotatable bonds is 5. The Morgan fingerprint density at radius 2 is 1.92 bits per heavy atom. The molecule has 0 saturated carbocycles. The summed E-state index contributed by atoms with van der Waals surface area (Å²) in [6, 6.07) is 5.74. The van der Waals surface area contributed by atoms with E-state index in [-0.39, 0.29) is 11.3 Å². The number of carbonyl (C=O) groups excluding carboxylic acids is 2. The molecule has 8 nitrogen and oxygen atoms in total. The summed E-state index contributed by atoms with van der Waals surface area (Å²) in [6.07, 6.45) is -1.37. The fraction of sp³-hybridized carbons (Fsp3) is 0.125. The SMILES string of the molecule is CC(OC(=O)c1ccc(N)c([N+](=O)[O-])c1)C(=O)Nc1cc(F)ccc1F. The predicted octanol–water partition coefficient (Wildman–Crippen LogP) is 2.64. The second-order valence-corrected chi connectivity index (χ2v) is 5.19. The maximum absolute atomic E-state index is 13.5. The lowest BCUT2D eigenvalue weighted by atomic mass is 10.2. The number of nitro benzene ring substituents is 1. The third-order valence-corrected chi connectivity index (χ3v) is 3.30. The molecule has 1 atom stereocenters. The van der Waals surface area contributed by atoms with Crippen LogP contribution in [0.3, 0.4) is 0 Å². The van der Waals surface area contributed by atoms with Crippen LogP contribution in [0.15, 0.2) is 36.4 Å². The monoisotopic (exact) mass is 365 g/mol. The zero-order chi connectivity index (χ0) is 19.4. The number of nitrogens with one attached hydrogen (secondary N) is 1. The van der Waals surface area contributed by atoms with Crippen LogP contribution in [0.1, 0.15) is 17.3 Å². The lowest BCUT2D eigenvalue weighted by molar-refractivity contribution is -0.383. The van der Waals surface area contributed by atoms with Crippen molar-refractivity contribution in [3.63, 3.8) is 0 Å². The molecule has 2 aromatic rings. The number of esters is 1. The van der Waals surface area contributed by atoms with Crippen molar-refractivity contribution >= 4 is 28.9 Å². The number of halogens is 2. The van der Waals surface area contributed by atoms with Crippen molar-refractivity contribution in [2.45, 2.75) is 13.0 Å². The first kappa shape index (κ1) is 18.8. The Morgan fingerprint density at radius 3 is 2.58 bits per heavy atom. The largest absolute Gasteiger partial charge is 0.449 e. The molecule has 0 saturated heterocycles. The van der Waals surface area contributed by atoms with Crippen LogP contribution in [-0.4, -0.2) is 22.9 Å². The molecule has 2 rings (SSSR count). The third kappa shape index (κ3) is 4.29. The van der Waals surface area contributed by atoms with Crippen LogP contribution < -0.4 is 11.1 Å². The molecule has 0 aromatic heterocycles. The molecular weight excluding hydrogens is 352 g/mol. The van der Waals surface area contributed by atoms with Crippen molar-refractivity contribution in [2.24, 2.45) is 0 Å². The Hall–Kier alpha value is -3.56. The Morgan fingerprint density at radius 1 is 1.23 bits per heavy atom. The summed E-state index contributed by atoms with van der Waals surface area (Å²) < 4.78 is 31.5. The van der Waals surface area contributed by atoms with Gasteiger partial charge in [0.25, 0.3) is 11.6 Å². The van der Waals surface area contributed by atoms with Gasteiger partial charge in [0.2, 0.25) is 0 Å². The molecule has 0 aliphatic rings. The number of benzene rings is 2. The van der Waals surface area contributed by atoms with E-state index in [1.807, 2.05) is 0 Å². The van der Waals surface area contributed by atoms with Crippen LogP contribution in [0.5, 0.6) is 0 Å². The van der Waals surface area contributed by atoms with Gasteiger partial charge in [-0.05, 0) is 31.2 Å². The summed E-state index contributed by atoms with van der Waals surface area (Å²) in [4.78, 5) is 34.0. The molecular formula is C16H13F2N3O5. The average molecular weight is 365 g/mol. The minimum atomic E-state index is -1.37. The minimum Gasteiger partial charge on any atom is -0.449 e. The first-order chi connectivity index (χ1) is 12.2. The first-order valence-corrected chi connectivity index (χ1v) is 7.20. The molecule has 3 N–H and O–H groups in total. The van der Waals surface area contributed by atoms with Crippen LogP contribution >= 0.6 is 0 Å². The number of nitrogen functional groups attached to an aromatic ring is 1. The molecule has 2 aromatic carbocycles. The topological polar surface area (TPSA) is 125 Å². The number of nitro groups is 1. The van der Waals surface area contributed by atoms with Crippen molar-refractivity contribution < 1.29 is 28.0 Å².